The molecule has 0 spiro atoms. The van der Waals surface area contributed by atoms with E-state index in [0.717, 1.165) is 24.9 Å². The zero-order chi connectivity index (χ0) is 11.4. The molecular formula is C14H26O2. The molecule has 1 heterocycles. The van der Waals surface area contributed by atoms with Gasteiger partial charge in [0.1, 0.15) is 0 Å². The van der Waals surface area contributed by atoms with Gasteiger partial charge in [-0.1, -0.05) is 13.8 Å². The van der Waals surface area contributed by atoms with E-state index < -0.39 is 0 Å². The Morgan fingerprint density at radius 2 is 1.75 bits per heavy atom. The van der Waals surface area contributed by atoms with Crippen LogP contribution in [-0.4, -0.2) is 19.0 Å². The van der Waals surface area contributed by atoms with Crippen molar-refractivity contribution in [3.05, 3.63) is 0 Å². The summed E-state index contributed by atoms with van der Waals surface area (Å²) < 4.78 is 11.7. The first-order valence-electron chi connectivity index (χ1n) is 7.03. The fraction of sp³-hybridized carbons (Fsp3) is 1.00. The summed E-state index contributed by atoms with van der Waals surface area (Å²) in [6.45, 7) is 5.58. The topological polar surface area (TPSA) is 18.5 Å². The van der Waals surface area contributed by atoms with Crippen molar-refractivity contribution in [2.45, 2.75) is 71.2 Å². The molecule has 2 rings (SSSR count). The highest BCUT2D eigenvalue weighted by Crippen LogP contribution is 2.32. The molecule has 0 amide bonds. The van der Waals surface area contributed by atoms with Crippen LogP contribution in [0.2, 0.25) is 0 Å². The third-order valence-electron chi connectivity index (χ3n) is 4.14. The van der Waals surface area contributed by atoms with Gasteiger partial charge in [0.05, 0.1) is 6.10 Å². The molecule has 0 aromatic carbocycles. The quantitative estimate of drug-likeness (QED) is 0.729. The van der Waals surface area contributed by atoms with Crippen molar-refractivity contribution in [2.24, 2.45) is 11.8 Å². The maximum Gasteiger partial charge on any atom is 0.157 e. The van der Waals surface area contributed by atoms with Gasteiger partial charge in [0.2, 0.25) is 0 Å². The van der Waals surface area contributed by atoms with E-state index in [1.54, 1.807) is 0 Å². The average Bonchev–Trinajstić information content (AvgIpc) is 2.31. The van der Waals surface area contributed by atoms with Gasteiger partial charge in [-0.3, -0.25) is 0 Å². The Kier molecular flexibility index (Phi) is 4.66. The fourth-order valence-electron chi connectivity index (χ4n) is 2.92. The molecule has 1 saturated carbocycles. The summed E-state index contributed by atoms with van der Waals surface area (Å²) in [5.41, 5.74) is 0. The highest BCUT2D eigenvalue weighted by Gasteiger charge is 2.26. The van der Waals surface area contributed by atoms with E-state index >= 15 is 0 Å². The number of ether oxygens (including phenoxy) is 2. The van der Waals surface area contributed by atoms with E-state index in [1.807, 2.05) is 0 Å². The summed E-state index contributed by atoms with van der Waals surface area (Å²) in [4.78, 5) is 0. The summed E-state index contributed by atoms with van der Waals surface area (Å²) >= 11 is 0. The van der Waals surface area contributed by atoms with Gasteiger partial charge in [-0.25, -0.2) is 0 Å². The van der Waals surface area contributed by atoms with Crippen LogP contribution in [0.5, 0.6) is 0 Å². The van der Waals surface area contributed by atoms with Crippen molar-refractivity contribution in [3.63, 3.8) is 0 Å². The average molecular weight is 226 g/mol. The lowest BCUT2D eigenvalue weighted by atomic mass is 9.80. The standard InChI is InChI=1S/C14H26O2/c1-11(2)12-6-8-13(9-7-12)16-14-5-3-4-10-15-14/h11-14H,3-10H2,1-2H3/t12-,13-,14?. The highest BCUT2D eigenvalue weighted by atomic mass is 16.7. The lowest BCUT2D eigenvalue weighted by molar-refractivity contribution is -0.195. The Morgan fingerprint density at radius 1 is 1.00 bits per heavy atom. The Balaban J connectivity index is 1.68. The molecule has 0 aromatic rings. The van der Waals surface area contributed by atoms with Gasteiger partial charge in [-0.15, -0.1) is 0 Å². The second-order valence-corrected chi connectivity index (χ2v) is 5.71. The van der Waals surface area contributed by atoms with E-state index in [9.17, 15) is 0 Å². The van der Waals surface area contributed by atoms with Crippen molar-refractivity contribution in [2.75, 3.05) is 6.61 Å². The van der Waals surface area contributed by atoms with Crippen molar-refractivity contribution in [3.8, 4) is 0 Å². The molecule has 2 heteroatoms. The molecular weight excluding hydrogens is 200 g/mol. The maximum atomic E-state index is 6.04. The maximum absolute atomic E-state index is 6.04. The van der Waals surface area contributed by atoms with Crippen LogP contribution in [0.3, 0.4) is 0 Å². The SMILES string of the molecule is CC(C)[C@H]1CC[C@H](OC2CCCCO2)CC1. The van der Waals surface area contributed by atoms with E-state index in [4.69, 9.17) is 9.47 Å². The van der Waals surface area contributed by atoms with Crippen LogP contribution in [0.1, 0.15) is 58.8 Å². The largest absolute Gasteiger partial charge is 0.353 e. The summed E-state index contributed by atoms with van der Waals surface area (Å²) in [5, 5.41) is 0. The van der Waals surface area contributed by atoms with Crippen LogP contribution in [0.25, 0.3) is 0 Å². The second kappa shape index (κ2) is 6.02. The van der Waals surface area contributed by atoms with Gasteiger partial charge < -0.3 is 9.47 Å². The lowest BCUT2D eigenvalue weighted by Gasteiger charge is -2.34. The Bertz CT molecular complexity index is 189. The summed E-state index contributed by atoms with van der Waals surface area (Å²) in [5.74, 6) is 1.76. The molecule has 0 radical (unpaired) electrons. The second-order valence-electron chi connectivity index (χ2n) is 5.71. The monoisotopic (exact) mass is 226 g/mol. The molecule has 1 saturated heterocycles. The third kappa shape index (κ3) is 3.46. The van der Waals surface area contributed by atoms with E-state index in [2.05, 4.69) is 13.8 Å². The Labute approximate surface area is 99.7 Å². The van der Waals surface area contributed by atoms with E-state index in [1.165, 1.54) is 38.5 Å². The van der Waals surface area contributed by atoms with Crippen LogP contribution in [0.15, 0.2) is 0 Å². The first-order chi connectivity index (χ1) is 7.75. The first-order valence-corrected chi connectivity index (χ1v) is 7.03. The fourth-order valence-corrected chi connectivity index (χ4v) is 2.92. The highest BCUT2D eigenvalue weighted by molar-refractivity contribution is 4.75. The molecule has 1 aliphatic carbocycles. The molecule has 2 aliphatic rings. The lowest BCUT2D eigenvalue weighted by Crippen LogP contribution is -2.31. The molecule has 16 heavy (non-hydrogen) atoms. The number of hydrogen-bond donors (Lipinski definition) is 0. The summed E-state index contributed by atoms with van der Waals surface area (Å²) in [6, 6.07) is 0. The third-order valence-corrected chi connectivity index (χ3v) is 4.14. The molecule has 0 aromatic heterocycles. The molecule has 1 atom stereocenters. The predicted octanol–water partition coefficient (Wildman–Crippen LogP) is 3.74. The van der Waals surface area contributed by atoms with Gasteiger partial charge in [-0.05, 0) is 56.8 Å². The van der Waals surface area contributed by atoms with Crippen molar-refractivity contribution < 1.29 is 9.47 Å². The minimum atomic E-state index is 0.106. The normalized spacial score (nSPS) is 36.6. The first kappa shape index (κ1) is 12.4. The van der Waals surface area contributed by atoms with Crippen LogP contribution in [0, 0.1) is 11.8 Å². The summed E-state index contributed by atoms with van der Waals surface area (Å²) in [7, 11) is 0. The van der Waals surface area contributed by atoms with Crippen LogP contribution in [0.4, 0.5) is 0 Å². The number of rotatable bonds is 3. The minimum Gasteiger partial charge on any atom is -0.353 e. The Hall–Kier alpha value is -0.0800. The van der Waals surface area contributed by atoms with E-state index in [0.29, 0.717) is 6.10 Å². The van der Waals surface area contributed by atoms with Gasteiger partial charge in [0.15, 0.2) is 6.29 Å². The molecule has 1 unspecified atom stereocenters. The van der Waals surface area contributed by atoms with Crippen LogP contribution in [-0.2, 0) is 9.47 Å². The molecule has 2 fully saturated rings. The predicted molar refractivity (Wildman–Crippen MR) is 65.3 cm³/mol. The van der Waals surface area contributed by atoms with E-state index in [-0.39, 0.29) is 6.29 Å². The van der Waals surface area contributed by atoms with Gasteiger partial charge >= 0.3 is 0 Å². The van der Waals surface area contributed by atoms with Gasteiger partial charge in [-0.2, -0.15) is 0 Å². The molecule has 1 aliphatic heterocycles. The molecule has 0 N–H and O–H groups in total. The minimum absolute atomic E-state index is 0.106. The smallest absolute Gasteiger partial charge is 0.157 e. The van der Waals surface area contributed by atoms with Crippen molar-refractivity contribution in [1.82, 2.24) is 0 Å². The molecule has 2 nitrogen and oxygen atoms in total. The summed E-state index contributed by atoms with van der Waals surface area (Å²) in [6.07, 6.45) is 9.32. The van der Waals surface area contributed by atoms with Crippen LogP contribution < -0.4 is 0 Å². The van der Waals surface area contributed by atoms with Gasteiger partial charge in [0.25, 0.3) is 0 Å². The molecule has 94 valence electrons. The van der Waals surface area contributed by atoms with Crippen molar-refractivity contribution >= 4 is 0 Å². The Morgan fingerprint density at radius 3 is 2.31 bits per heavy atom. The van der Waals surface area contributed by atoms with Crippen molar-refractivity contribution in [1.29, 1.82) is 0 Å². The van der Waals surface area contributed by atoms with Gasteiger partial charge in [0, 0.05) is 6.61 Å². The number of hydrogen-bond acceptors (Lipinski definition) is 2. The zero-order valence-electron chi connectivity index (χ0n) is 10.8. The molecule has 0 bridgehead atoms. The zero-order valence-corrected chi connectivity index (χ0v) is 10.8. The van der Waals surface area contributed by atoms with Crippen LogP contribution >= 0.6 is 0 Å².